The lowest BCUT2D eigenvalue weighted by Crippen LogP contribution is -2.42. The van der Waals surface area contributed by atoms with Crippen LogP contribution < -0.4 is 4.72 Å². The van der Waals surface area contributed by atoms with Crippen LogP contribution in [0.15, 0.2) is 41.4 Å². The van der Waals surface area contributed by atoms with Gasteiger partial charge in [-0.1, -0.05) is 12.1 Å². The lowest BCUT2D eigenvalue weighted by atomic mass is 9.92. The van der Waals surface area contributed by atoms with E-state index in [1.165, 1.54) is 6.07 Å². The third-order valence-electron chi connectivity index (χ3n) is 6.12. The second kappa shape index (κ2) is 9.20. The summed E-state index contributed by atoms with van der Waals surface area (Å²) in [4.78, 5) is 3.71. The van der Waals surface area contributed by atoms with Crippen LogP contribution in [0.4, 0.5) is 22.0 Å². The molecule has 186 valence electrons. The van der Waals surface area contributed by atoms with Crippen molar-refractivity contribution in [2.45, 2.75) is 62.2 Å². The zero-order chi connectivity index (χ0) is 25.5. The first-order valence-corrected chi connectivity index (χ1v) is 12.3. The highest BCUT2D eigenvalue weighted by atomic mass is 32.2. The highest BCUT2D eigenvalue weighted by Crippen LogP contribution is 2.42. The minimum Gasteiger partial charge on any atom is -0.335 e. The van der Waals surface area contributed by atoms with Crippen molar-refractivity contribution >= 4 is 20.9 Å². The topological polar surface area (TPSA) is 87.8 Å². The van der Waals surface area contributed by atoms with Crippen molar-refractivity contribution < 1.29 is 30.4 Å². The molecular weight excluding hydrogens is 491 g/mol. The molecule has 12 heteroatoms. The maximum Gasteiger partial charge on any atom is 0.404 e. The van der Waals surface area contributed by atoms with Gasteiger partial charge >= 0.3 is 6.18 Å². The molecule has 0 aliphatic heterocycles. The number of fused-ring (bicyclic) bond motifs is 1. The summed E-state index contributed by atoms with van der Waals surface area (Å²) in [6.45, 7) is 0.692. The largest absolute Gasteiger partial charge is 0.404 e. The van der Waals surface area contributed by atoms with Crippen molar-refractivity contribution in [3.05, 3.63) is 47.7 Å². The quantitative estimate of drug-likeness (QED) is 0.433. The normalized spacial score (nSPS) is 15.8. The average molecular weight is 513 g/mol. The van der Waals surface area contributed by atoms with Gasteiger partial charge in [0.1, 0.15) is 17.0 Å². The molecule has 0 bridgehead atoms. The van der Waals surface area contributed by atoms with Crippen LogP contribution in [0.1, 0.15) is 43.4 Å². The number of rotatable bonds is 7. The predicted octanol–water partition coefficient (Wildman–Crippen LogP) is 5.34. The Morgan fingerprint density at radius 3 is 2.46 bits per heavy atom. The number of nitrogens with one attached hydrogen (secondary N) is 1. The number of halogens is 5. The van der Waals surface area contributed by atoms with Crippen LogP contribution in [-0.4, -0.2) is 36.6 Å². The van der Waals surface area contributed by atoms with Crippen molar-refractivity contribution in [2.75, 3.05) is 0 Å². The first-order chi connectivity index (χ1) is 16.4. The van der Waals surface area contributed by atoms with Crippen molar-refractivity contribution in [3.63, 3.8) is 0 Å². The van der Waals surface area contributed by atoms with E-state index in [-0.39, 0.29) is 17.3 Å². The Bertz CT molecular complexity index is 1390. The highest BCUT2D eigenvalue weighted by Gasteiger charge is 2.39. The van der Waals surface area contributed by atoms with Crippen molar-refractivity contribution in [1.82, 2.24) is 14.3 Å². The van der Waals surface area contributed by atoms with Crippen LogP contribution in [-0.2, 0) is 16.4 Å². The molecule has 4 rings (SSSR count). The molecule has 1 fully saturated rings. The van der Waals surface area contributed by atoms with Gasteiger partial charge in [-0.15, -0.1) is 0 Å². The molecule has 2 heterocycles. The summed E-state index contributed by atoms with van der Waals surface area (Å²) in [5, 5.41) is 10.5. The van der Waals surface area contributed by atoms with Crippen molar-refractivity contribution in [1.29, 1.82) is 5.26 Å². The zero-order valence-corrected chi connectivity index (χ0v) is 19.3. The Morgan fingerprint density at radius 2 is 1.94 bits per heavy atom. The molecule has 2 aromatic heterocycles. The van der Waals surface area contributed by atoms with Gasteiger partial charge in [-0.3, -0.25) is 4.98 Å². The minimum absolute atomic E-state index is 0.0101. The van der Waals surface area contributed by atoms with Gasteiger partial charge in [0.05, 0.1) is 22.5 Å². The van der Waals surface area contributed by atoms with E-state index >= 15 is 0 Å². The maximum atomic E-state index is 13.0. The van der Waals surface area contributed by atoms with Gasteiger partial charge in [-0.25, -0.2) is 17.2 Å². The average Bonchev–Trinajstić information content (AvgIpc) is 3.04. The summed E-state index contributed by atoms with van der Waals surface area (Å²) < 4.78 is 92.6. The summed E-state index contributed by atoms with van der Waals surface area (Å²) >= 11 is 0. The zero-order valence-electron chi connectivity index (χ0n) is 18.5. The molecule has 1 aliphatic rings. The Morgan fingerprint density at radius 1 is 1.23 bits per heavy atom. The molecule has 0 saturated heterocycles. The molecule has 3 aromatic rings. The van der Waals surface area contributed by atoms with E-state index in [0.717, 1.165) is 31.5 Å². The van der Waals surface area contributed by atoms with Crippen LogP contribution in [0.5, 0.6) is 0 Å². The first-order valence-electron chi connectivity index (χ1n) is 10.8. The SMILES string of the molecule is CC(NS(=O)(=O)c1ccc(-c2c(C#N)c3ccc(CC(F)F)cc3n2C2CCC2)nc1)C(F)(F)F. The minimum atomic E-state index is -4.75. The molecule has 35 heavy (non-hydrogen) atoms. The lowest BCUT2D eigenvalue weighted by Gasteiger charge is -2.30. The monoisotopic (exact) mass is 512 g/mol. The van der Waals surface area contributed by atoms with Crippen LogP contribution in [0.3, 0.4) is 0 Å². The molecule has 6 nitrogen and oxygen atoms in total. The van der Waals surface area contributed by atoms with Gasteiger partial charge in [0.2, 0.25) is 16.4 Å². The Balaban J connectivity index is 1.80. The first kappa shape index (κ1) is 25.1. The molecule has 1 unspecified atom stereocenters. The van der Waals surface area contributed by atoms with Gasteiger partial charge in [0, 0.05) is 24.0 Å². The van der Waals surface area contributed by atoms with Gasteiger partial charge in [-0.2, -0.15) is 23.2 Å². The van der Waals surface area contributed by atoms with E-state index in [1.54, 1.807) is 22.9 Å². The fourth-order valence-electron chi connectivity index (χ4n) is 4.10. The molecule has 0 spiro atoms. The smallest absolute Gasteiger partial charge is 0.335 e. The predicted molar refractivity (Wildman–Crippen MR) is 118 cm³/mol. The molecule has 0 amide bonds. The summed E-state index contributed by atoms with van der Waals surface area (Å²) in [7, 11) is -4.49. The van der Waals surface area contributed by atoms with Crippen LogP contribution in [0, 0.1) is 11.3 Å². The number of benzene rings is 1. The van der Waals surface area contributed by atoms with Crippen molar-refractivity contribution in [2.24, 2.45) is 0 Å². The molecule has 1 N–H and O–H groups in total. The van der Waals surface area contributed by atoms with Gasteiger partial charge in [0.25, 0.3) is 0 Å². The lowest BCUT2D eigenvalue weighted by molar-refractivity contribution is -0.147. The summed E-state index contributed by atoms with van der Waals surface area (Å²) in [5.41, 5.74) is 1.96. The van der Waals surface area contributed by atoms with Crippen molar-refractivity contribution in [3.8, 4) is 17.5 Å². The van der Waals surface area contributed by atoms with Gasteiger partial charge < -0.3 is 4.57 Å². The number of alkyl halides is 5. The number of hydrogen-bond acceptors (Lipinski definition) is 4. The van der Waals surface area contributed by atoms with Crippen LogP contribution >= 0.6 is 0 Å². The van der Waals surface area contributed by atoms with Crippen LogP contribution in [0.25, 0.3) is 22.3 Å². The third-order valence-corrected chi connectivity index (χ3v) is 7.65. The number of pyridine rings is 1. The van der Waals surface area contributed by atoms with E-state index in [2.05, 4.69) is 11.1 Å². The Kier molecular flexibility index (Phi) is 6.59. The number of nitrogens with zero attached hydrogens (tertiary/aromatic N) is 3. The second-order valence-corrected chi connectivity index (χ2v) is 10.2. The molecule has 1 saturated carbocycles. The number of hydrogen-bond donors (Lipinski definition) is 1. The van der Waals surface area contributed by atoms with E-state index in [1.807, 2.05) is 4.57 Å². The molecule has 1 aromatic carbocycles. The van der Waals surface area contributed by atoms with E-state index in [4.69, 9.17) is 0 Å². The summed E-state index contributed by atoms with van der Waals surface area (Å²) in [6.07, 6.45) is -4.20. The fourth-order valence-corrected chi connectivity index (χ4v) is 5.27. The number of sulfonamides is 1. The number of nitriles is 1. The fraction of sp³-hybridized carbons (Fsp3) is 0.391. The molecule has 0 radical (unpaired) electrons. The Hall–Kier alpha value is -3.04. The molecular formula is C23H21F5N4O2S. The summed E-state index contributed by atoms with van der Waals surface area (Å²) in [6, 6.07) is 7.11. The van der Waals surface area contributed by atoms with E-state index in [9.17, 15) is 35.6 Å². The van der Waals surface area contributed by atoms with E-state index < -0.39 is 40.0 Å². The van der Waals surface area contributed by atoms with E-state index in [0.29, 0.717) is 29.1 Å². The standard InChI is InChI=1S/C23H21F5N4O2S/c1-13(23(26,27)28)31-35(33,34)16-6-8-19(30-12-16)22-18(11-29)17-7-5-14(10-21(24)25)9-20(17)32(22)15-3-2-4-15/h5-9,12-13,15,21,31H,2-4,10H2,1H3. The van der Waals surface area contributed by atoms with Crippen LogP contribution in [0.2, 0.25) is 0 Å². The molecule has 1 atom stereocenters. The summed E-state index contributed by atoms with van der Waals surface area (Å²) in [5.74, 6) is 0. The highest BCUT2D eigenvalue weighted by molar-refractivity contribution is 7.89. The van der Waals surface area contributed by atoms with Gasteiger partial charge in [-0.05, 0) is 49.9 Å². The molecule has 1 aliphatic carbocycles. The second-order valence-electron chi connectivity index (χ2n) is 8.50. The number of aromatic nitrogens is 2. The third kappa shape index (κ3) is 4.88. The van der Waals surface area contributed by atoms with Gasteiger partial charge in [0.15, 0.2) is 0 Å². The Labute approximate surface area is 198 Å². The maximum absolute atomic E-state index is 13.0.